The molecule has 0 spiro atoms. The molecule has 0 bridgehead atoms. The van der Waals surface area contributed by atoms with Crippen LogP contribution in [0, 0.1) is 5.92 Å². The van der Waals surface area contributed by atoms with Gasteiger partial charge in [-0.1, -0.05) is 279 Å². The standard InChI is InChI=1S/C65H126O17P2/c1-6-9-12-15-16-17-18-25-29-32-35-40-44-49-63(68)76-55-61(82-65(70)51-46-41-36-33-30-27-24-22-20-19-21-23-26-28-31-34-39-42-47-58(4)5)57-80-84(73,74)78-53-59(66)52-77-83(71,72)79-56-60(81-64(69)50-45-38-14-11-8-3)54-75-62(67)48-43-37-13-10-7-2/h58-61,66H,6-57H2,1-5H3,(H,71,72)(H,73,74)/t59-,60+,61+/m0/s1. The molecule has 0 amide bonds. The summed E-state index contributed by atoms with van der Waals surface area (Å²) in [6, 6.07) is 0. The number of hydrogen-bond donors (Lipinski definition) is 3. The second-order valence-electron chi connectivity index (χ2n) is 24.0. The minimum absolute atomic E-state index is 0.0990. The molecule has 3 N–H and O–H groups in total. The topological polar surface area (TPSA) is 237 Å². The van der Waals surface area contributed by atoms with E-state index >= 15 is 0 Å². The van der Waals surface area contributed by atoms with Gasteiger partial charge in [-0.25, -0.2) is 9.13 Å². The summed E-state index contributed by atoms with van der Waals surface area (Å²) in [6.07, 6.45) is 44.0. The van der Waals surface area contributed by atoms with Crippen LogP contribution in [-0.4, -0.2) is 96.7 Å². The highest BCUT2D eigenvalue weighted by Crippen LogP contribution is 2.45. The van der Waals surface area contributed by atoms with Crippen LogP contribution < -0.4 is 0 Å². The summed E-state index contributed by atoms with van der Waals surface area (Å²) in [7, 11) is -9.87. The molecule has 0 aliphatic carbocycles. The van der Waals surface area contributed by atoms with E-state index in [2.05, 4.69) is 34.6 Å². The van der Waals surface area contributed by atoms with Crippen LogP contribution in [0.3, 0.4) is 0 Å². The quantitative estimate of drug-likeness (QED) is 0.0222. The van der Waals surface area contributed by atoms with Gasteiger partial charge in [0, 0.05) is 25.7 Å². The number of hydrogen-bond acceptors (Lipinski definition) is 15. The van der Waals surface area contributed by atoms with Crippen molar-refractivity contribution in [1.29, 1.82) is 0 Å². The first-order chi connectivity index (χ1) is 40.5. The summed E-state index contributed by atoms with van der Waals surface area (Å²) < 4.78 is 67.6. The van der Waals surface area contributed by atoms with Crippen molar-refractivity contribution in [2.24, 2.45) is 5.92 Å². The van der Waals surface area contributed by atoms with Crippen LogP contribution in [0.5, 0.6) is 0 Å². The largest absolute Gasteiger partial charge is 0.472 e. The Morgan fingerprint density at radius 2 is 0.548 bits per heavy atom. The number of carbonyl (C=O) groups excluding carboxylic acids is 4. The summed E-state index contributed by atoms with van der Waals surface area (Å²) in [4.78, 5) is 71.7. The fraction of sp³-hybridized carbons (Fsp3) is 0.938. The highest BCUT2D eigenvalue weighted by Gasteiger charge is 2.30. The predicted octanol–water partition coefficient (Wildman–Crippen LogP) is 18.2. The van der Waals surface area contributed by atoms with Crippen molar-refractivity contribution in [3.05, 3.63) is 0 Å². The zero-order valence-electron chi connectivity index (χ0n) is 54.0. The van der Waals surface area contributed by atoms with Crippen molar-refractivity contribution >= 4 is 39.5 Å². The zero-order valence-corrected chi connectivity index (χ0v) is 55.8. The number of phosphoric ester groups is 2. The third kappa shape index (κ3) is 59.0. The van der Waals surface area contributed by atoms with Crippen molar-refractivity contribution in [3.8, 4) is 0 Å². The van der Waals surface area contributed by atoms with Gasteiger partial charge >= 0.3 is 39.5 Å². The number of phosphoric acid groups is 2. The molecule has 17 nitrogen and oxygen atoms in total. The normalized spacial score (nSPS) is 14.2. The minimum atomic E-state index is -4.94. The van der Waals surface area contributed by atoms with E-state index < -0.39 is 97.5 Å². The van der Waals surface area contributed by atoms with Gasteiger partial charge in [-0.2, -0.15) is 0 Å². The second kappa shape index (κ2) is 58.7. The van der Waals surface area contributed by atoms with Crippen molar-refractivity contribution in [2.75, 3.05) is 39.6 Å². The lowest BCUT2D eigenvalue weighted by Crippen LogP contribution is -2.30. The van der Waals surface area contributed by atoms with Crippen LogP contribution in [0.15, 0.2) is 0 Å². The molecule has 0 fully saturated rings. The van der Waals surface area contributed by atoms with Crippen molar-refractivity contribution in [2.45, 2.75) is 348 Å². The number of aliphatic hydroxyl groups excluding tert-OH is 1. The van der Waals surface area contributed by atoms with Crippen molar-refractivity contribution in [3.63, 3.8) is 0 Å². The Morgan fingerprint density at radius 3 is 0.810 bits per heavy atom. The van der Waals surface area contributed by atoms with Gasteiger partial charge < -0.3 is 33.8 Å². The molecule has 0 heterocycles. The smallest absolute Gasteiger partial charge is 0.462 e. The van der Waals surface area contributed by atoms with Crippen molar-refractivity contribution in [1.82, 2.24) is 0 Å². The maximum absolute atomic E-state index is 13.0. The first-order valence-electron chi connectivity index (χ1n) is 34.1. The van der Waals surface area contributed by atoms with Gasteiger partial charge in [0.2, 0.25) is 0 Å². The van der Waals surface area contributed by atoms with E-state index in [9.17, 15) is 43.2 Å². The van der Waals surface area contributed by atoms with Gasteiger partial charge in [0.25, 0.3) is 0 Å². The van der Waals surface area contributed by atoms with E-state index in [1.54, 1.807) is 0 Å². The number of aliphatic hydroxyl groups is 1. The van der Waals surface area contributed by atoms with E-state index in [0.29, 0.717) is 25.7 Å². The van der Waals surface area contributed by atoms with E-state index in [1.165, 1.54) is 148 Å². The predicted molar refractivity (Wildman–Crippen MR) is 335 cm³/mol. The molecular formula is C65H126O17P2. The zero-order chi connectivity index (χ0) is 62.0. The number of rotatable bonds is 65. The van der Waals surface area contributed by atoms with Crippen LogP contribution >= 0.6 is 15.6 Å². The fourth-order valence-corrected chi connectivity index (χ4v) is 11.3. The number of carbonyl (C=O) groups is 4. The van der Waals surface area contributed by atoms with Crippen LogP contribution in [0.2, 0.25) is 0 Å². The van der Waals surface area contributed by atoms with Gasteiger partial charge in [0.05, 0.1) is 26.4 Å². The minimum Gasteiger partial charge on any atom is -0.462 e. The van der Waals surface area contributed by atoms with Gasteiger partial charge in [-0.3, -0.25) is 37.3 Å². The number of esters is 4. The lowest BCUT2D eigenvalue weighted by molar-refractivity contribution is -0.161. The summed E-state index contributed by atoms with van der Waals surface area (Å²) in [6.45, 7) is 7.06. The van der Waals surface area contributed by atoms with Gasteiger partial charge in [0.1, 0.15) is 19.3 Å². The maximum atomic E-state index is 13.0. The molecule has 0 aliphatic heterocycles. The molecular weight excluding hydrogens is 1110 g/mol. The van der Waals surface area contributed by atoms with Gasteiger partial charge in [-0.15, -0.1) is 0 Å². The Hall–Kier alpha value is -1.94. The highest BCUT2D eigenvalue weighted by atomic mass is 31.2. The SMILES string of the molecule is CCCCCCCCCCCCCCCC(=O)OC[C@H](COP(=O)(O)OC[C@@H](O)COP(=O)(O)OC[C@@H](COC(=O)CCCCCCC)OC(=O)CCCCCCC)OC(=O)CCCCCCCCCCCCCCCCCCCCC(C)C. The average Bonchev–Trinajstić information content (AvgIpc) is 3.59. The summed E-state index contributed by atoms with van der Waals surface area (Å²) >= 11 is 0. The molecule has 0 aromatic heterocycles. The van der Waals surface area contributed by atoms with E-state index in [4.69, 9.17) is 37.0 Å². The molecule has 0 saturated carbocycles. The van der Waals surface area contributed by atoms with Crippen molar-refractivity contribution < 1.29 is 80.2 Å². The Bertz CT molecular complexity index is 1640. The first-order valence-corrected chi connectivity index (χ1v) is 37.1. The molecule has 0 aliphatic rings. The number of unbranched alkanes of at least 4 members (excludes halogenated alkanes) is 37. The molecule has 0 rings (SSSR count). The Balaban J connectivity index is 5.04. The maximum Gasteiger partial charge on any atom is 0.472 e. The molecule has 2 unspecified atom stereocenters. The molecule has 498 valence electrons. The molecule has 19 heteroatoms. The van der Waals surface area contributed by atoms with E-state index in [-0.39, 0.29) is 25.7 Å². The van der Waals surface area contributed by atoms with Crippen LogP contribution in [0.1, 0.15) is 330 Å². The third-order valence-electron chi connectivity index (χ3n) is 15.0. The Labute approximate surface area is 511 Å². The van der Waals surface area contributed by atoms with E-state index in [1.807, 2.05) is 0 Å². The molecule has 84 heavy (non-hydrogen) atoms. The van der Waals surface area contributed by atoms with Crippen LogP contribution in [-0.2, 0) is 65.4 Å². The number of ether oxygens (including phenoxy) is 4. The molecule has 0 radical (unpaired) electrons. The highest BCUT2D eigenvalue weighted by molar-refractivity contribution is 7.47. The van der Waals surface area contributed by atoms with Crippen LogP contribution in [0.25, 0.3) is 0 Å². The van der Waals surface area contributed by atoms with E-state index in [0.717, 1.165) is 102 Å². The Kier molecular flexibility index (Phi) is 57.4. The van der Waals surface area contributed by atoms with Crippen LogP contribution in [0.4, 0.5) is 0 Å². The average molecular weight is 1240 g/mol. The Morgan fingerprint density at radius 1 is 0.321 bits per heavy atom. The monoisotopic (exact) mass is 1240 g/mol. The second-order valence-corrected chi connectivity index (χ2v) is 26.9. The lowest BCUT2D eigenvalue weighted by atomic mass is 10.0. The molecule has 0 saturated heterocycles. The fourth-order valence-electron chi connectivity index (χ4n) is 9.76. The summed E-state index contributed by atoms with van der Waals surface area (Å²) in [5, 5.41) is 10.5. The molecule has 0 aromatic carbocycles. The lowest BCUT2D eigenvalue weighted by Gasteiger charge is -2.21. The van der Waals surface area contributed by atoms with Gasteiger partial charge in [-0.05, 0) is 31.6 Å². The summed E-state index contributed by atoms with van der Waals surface area (Å²) in [5.74, 6) is -1.33. The first kappa shape index (κ1) is 82.1. The third-order valence-corrected chi connectivity index (χ3v) is 16.9. The molecule has 5 atom stereocenters. The summed E-state index contributed by atoms with van der Waals surface area (Å²) in [5.41, 5.74) is 0. The van der Waals surface area contributed by atoms with Gasteiger partial charge in [0.15, 0.2) is 12.2 Å². The molecule has 0 aromatic rings.